The van der Waals surface area contributed by atoms with E-state index < -0.39 is 10.0 Å². The predicted octanol–water partition coefficient (Wildman–Crippen LogP) is 3.79. The molecule has 0 heterocycles. The van der Waals surface area contributed by atoms with E-state index >= 15 is 0 Å². The summed E-state index contributed by atoms with van der Waals surface area (Å²) in [5.74, 6) is 0. The van der Waals surface area contributed by atoms with Crippen molar-refractivity contribution in [1.29, 1.82) is 0 Å². The van der Waals surface area contributed by atoms with Crippen molar-refractivity contribution in [2.75, 3.05) is 10.5 Å². The summed E-state index contributed by atoms with van der Waals surface area (Å²) in [4.78, 5) is 0.152. The largest absolute Gasteiger partial charge is 0.398 e. The van der Waals surface area contributed by atoms with Crippen molar-refractivity contribution in [1.82, 2.24) is 0 Å². The van der Waals surface area contributed by atoms with Gasteiger partial charge in [0.25, 0.3) is 10.0 Å². The van der Waals surface area contributed by atoms with Gasteiger partial charge in [-0.1, -0.05) is 17.7 Å². The maximum absolute atomic E-state index is 12.4. The third kappa shape index (κ3) is 3.08. The quantitative estimate of drug-likeness (QED) is 0.802. The SMILES string of the molecule is Cc1c(N)cccc1S(=O)(=O)Nc1ccc(Cl)cc1Br. The summed E-state index contributed by atoms with van der Waals surface area (Å²) in [7, 11) is -3.70. The highest BCUT2D eigenvalue weighted by molar-refractivity contribution is 9.10. The Morgan fingerprint density at radius 2 is 1.95 bits per heavy atom. The molecule has 0 spiro atoms. The van der Waals surface area contributed by atoms with Crippen LogP contribution in [0.4, 0.5) is 11.4 Å². The molecule has 2 aromatic rings. The smallest absolute Gasteiger partial charge is 0.262 e. The van der Waals surface area contributed by atoms with Gasteiger partial charge < -0.3 is 5.73 Å². The van der Waals surface area contributed by atoms with Crippen LogP contribution in [0.15, 0.2) is 45.8 Å². The van der Waals surface area contributed by atoms with E-state index in [1.807, 2.05) is 0 Å². The minimum absolute atomic E-state index is 0.152. The Morgan fingerprint density at radius 1 is 1.25 bits per heavy atom. The molecule has 7 heteroatoms. The standard InChI is InChI=1S/C13H12BrClN2O2S/c1-8-11(16)3-2-4-13(8)20(18,19)17-12-6-5-9(15)7-10(12)14/h2-7,17H,16H2,1H3. The molecule has 4 nitrogen and oxygen atoms in total. The second kappa shape index (κ2) is 5.63. The Morgan fingerprint density at radius 3 is 2.60 bits per heavy atom. The van der Waals surface area contributed by atoms with Crippen molar-refractivity contribution in [2.24, 2.45) is 0 Å². The van der Waals surface area contributed by atoms with E-state index in [2.05, 4.69) is 20.7 Å². The van der Waals surface area contributed by atoms with Gasteiger partial charge in [-0.2, -0.15) is 0 Å². The van der Waals surface area contributed by atoms with Crippen LogP contribution in [-0.4, -0.2) is 8.42 Å². The van der Waals surface area contributed by atoms with Gasteiger partial charge in [-0.15, -0.1) is 0 Å². The fourth-order valence-corrected chi connectivity index (χ4v) is 3.96. The Balaban J connectivity index is 2.44. The summed E-state index contributed by atoms with van der Waals surface area (Å²) in [6, 6.07) is 9.59. The van der Waals surface area contributed by atoms with Gasteiger partial charge in [-0.3, -0.25) is 4.72 Å². The fraction of sp³-hybridized carbons (Fsp3) is 0.0769. The fourth-order valence-electron chi connectivity index (χ4n) is 1.69. The van der Waals surface area contributed by atoms with E-state index in [0.717, 1.165) is 0 Å². The predicted molar refractivity (Wildman–Crippen MR) is 85.6 cm³/mol. The van der Waals surface area contributed by atoms with Crippen molar-refractivity contribution in [3.8, 4) is 0 Å². The molecule has 0 aliphatic heterocycles. The van der Waals surface area contributed by atoms with Crippen molar-refractivity contribution >= 4 is 48.9 Å². The normalized spacial score (nSPS) is 11.3. The highest BCUT2D eigenvalue weighted by Crippen LogP contribution is 2.29. The lowest BCUT2D eigenvalue weighted by molar-refractivity contribution is 0.600. The van der Waals surface area contributed by atoms with Gasteiger partial charge in [0, 0.05) is 15.2 Å². The monoisotopic (exact) mass is 374 g/mol. The number of anilines is 2. The van der Waals surface area contributed by atoms with Gasteiger partial charge in [0.15, 0.2) is 0 Å². The second-order valence-corrected chi connectivity index (χ2v) is 7.14. The number of rotatable bonds is 3. The minimum atomic E-state index is -3.70. The van der Waals surface area contributed by atoms with E-state index in [1.165, 1.54) is 6.07 Å². The lowest BCUT2D eigenvalue weighted by atomic mass is 10.2. The molecule has 2 rings (SSSR count). The molecule has 2 aromatic carbocycles. The summed E-state index contributed by atoms with van der Waals surface area (Å²) in [5.41, 5.74) is 7.11. The Labute approximate surface area is 131 Å². The zero-order chi connectivity index (χ0) is 14.9. The Bertz CT molecular complexity index is 763. The van der Waals surface area contributed by atoms with Crippen LogP contribution in [0, 0.1) is 6.92 Å². The van der Waals surface area contributed by atoms with Crippen LogP contribution < -0.4 is 10.5 Å². The van der Waals surface area contributed by atoms with E-state index in [1.54, 1.807) is 37.3 Å². The maximum atomic E-state index is 12.4. The van der Waals surface area contributed by atoms with Gasteiger partial charge in [-0.25, -0.2) is 8.42 Å². The number of halogens is 2. The minimum Gasteiger partial charge on any atom is -0.398 e. The van der Waals surface area contributed by atoms with Gasteiger partial charge >= 0.3 is 0 Å². The van der Waals surface area contributed by atoms with Crippen LogP contribution >= 0.6 is 27.5 Å². The molecule has 0 radical (unpaired) electrons. The second-order valence-electron chi connectivity index (χ2n) is 4.20. The molecule has 0 atom stereocenters. The first-order valence-corrected chi connectivity index (χ1v) is 8.29. The number of sulfonamides is 1. The molecule has 106 valence electrons. The van der Waals surface area contributed by atoms with Crippen LogP contribution in [0.1, 0.15) is 5.56 Å². The van der Waals surface area contributed by atoms with Crippen LogP contribution in [0.2, 0.25) is 5.02 Å². The van der Waals surface area contributed by atoms with Gasteiger partial charge in [-0.05, 0) is 58.7 Å². The topological polar surface area (TPSA) is 72.2 Å². The molecule has 3 N–H and O–H groups in total. The zero-order valence-electron chi connectivity index (χ0n) is 10.5. The molecule has 0 bridgehead atoms. The lowest BCUT2D eigenvalue weighted by Gasteiger charge is -2.12. The number of hydrogen-bond donors (Lipinski definition) is 2. The summed E-state index contributed by atoms with van der Waals surface area (Å²) < 4.78 is 27.9. The molecule has 0 saturated carbocycles. The molecule has 0 saturated heterocycles. The van der Waals surface area contributed by atoms with E-state index in [-0.39, 0.29) is 4.90 Å². The molecular formula is C13H12BrClN2O2S. The third-order valence-corrected chi connectivity index (χ3v) is 5.19. The highest BCUT2D eigenvalue weighted by atomic mass is 79.9. The summed E-state index contributed by atoms with van der Waals surface area (Å²) >= 11 is 9.10. The molecule has 0 aliphatic rings. The van der Waals surface area contributed by atoms with Crippen molar-refractivity contribution in [3.63, 3.8) is 0 Å². The van der Waals surface area contributed by atoms with E-state index in [9.17, 15) is 8.42 Å². The molecule has 0 fully saturated rings. The number of nitrogens with one attached hydrogen (secondary N) is 1. The lowest BCUT2D eigenvalue weighted by Crippen LogP contribution is -2.15. The van der Waals surface area contributed by atoms with Gasteiger partial charge in [0.05, 0.1) is 10.6 Å². The first-order valence-electron chi connectivity index (χ1n) is 5.64. The summed E-state index contributed by atoms with van der Waals surface area (Å²) in [5, 5.41) is 0.514. The maximum Gasteiger partial charge on any atom is 0.262 e. The van der Waals surface area contributed by atoms with E-state index in [4.69, 9.17) is 17.3 Å². The zero-order valence-corrected chi connectivity index (χ0v) is 13.7. The molecule has 0 aliphatic carbocycles. The Kier molecular flexibility index (Phi) is 4.27. The summed E-state index contributed by atoms with van der Waals surface area (Å²) in [6.45, 7) is 1.67. The first kappa shape index (κ1) is 15.2. The average molecular weight is 376 g/mol. The van der Waals surface area contributed by atoms with Crippen LogP contribution in [0.25, 0.3) is 0 Å². The highest BCUT2D eigenvalue weighted by Gasteiger charge is 2.19. The molecule has 0 unspecified atom stereocenters. The third-order valence-electron chi connectivity index (χ3n) is 2.79. The van der Waals surface area contributed by atoms with Gasteiger partial charge in [0.1, 0.15) is 0 Å². The van der Waals surface area contributed by atoms with Crippen LogP contribution in [-0.2, 0) is 10.0 Å². The Hall–Kier alpha value is -1.24. The number of benzene rings is 2. The average Bonchev–Trinajstić information content (AvgIpc) is 2.36. The number of hydrogen-bond acceptors (Lipinski definition) is 3. The summed E-state index contributed by atoms with van der Waals surface area (Å²) in [6.07, 6.45) is 0. The first-order chi connectivity index (χ1) is 9.31. The molecular weight excluding hydrogens is 364 g/mol. The van der Waals surface area contributed by atoms with Crippen LogP contribution in [0.5, 0.6) is 0 Å². The molecule has 0 amide bonds. The number of nitrogens with two attached hydrogens (primary N) is 1. The molecule has 20 heavy (non-hydrogen) atoms. The van der Waals surface area contributed by atoms with Crippen molar-refractivity contribution in [2.45, 2.75) is 11.8 Å². The number of nitrogen functional groups attached to an aromatic ring is 1. The van der Waals surface area contributed by atoms with Gasteiger partial charge in [0.2, 0.25) is 0 Å². The van der Waals surface area contributed by atoms with Crippen LogP contribution in [0.3, 0.4) is 0 Å². The van der Waals surface area contributed by atoms with Crippen molar-refractivity contribution < 1.29 is 8.42 Å². The molecule has 0 aromatic heterocycles. The van der Waals surface area contributed by atoms with Crippen molar-refractivity contribution in [3.05, 3.63) is 51.5 Å². The van der Waals surface area contributed by atoms with E-state index in [0.29, 0.717) is 26.4 Å².